The number of hydrogen-bond donors (Lipinski definition) is 1. The number of amides is 1. The number of rotatable bonds is 7. The Morgan fingerprint density at radius 1 is 1.06 bits per heavy atom. The second-order valence-corrected chi connectivity index (χ2v) is 9.85. The normalized spacial score (nSPS) is 20.0. The molecule has 0 aromatic heterocycles. The molecule has 2 heterocycles. The van der Waals surface area contributed by atoms with Crippen LogP contribution < -0.4 is 5.32 Å². The summed E-state index contributed by atoms with van der Waals surface area (Å²) in [6.07, 6.45) is -1.88. The first-order valence-corrected chi connectivity index (χ1v) is 11.8. The summed E-state index contributed by atoms with van der Waals surface area (Å²) < 4.78 is 69.2. The molecule has 7 nitrogen and oxygen atoms in total. The van der Waals surface area contributed by atoms with Gasteiger partial charge in [0.2, 0.25) is 10.0 Å². The summed E-state index contributed by atoms with van der Waals surface area (Å²) in [6.45, 7) is 3.84. The lowest BCUT2D eigenvalue weighted by Gasteiger charge is -2.33. The third-order valence-electron chi connectivity index (χ3n) is 5.73. The third kappa shape index (κ3) is 6.90. The van der Waals surface area contributed by atoms with Crippen LogP contribution in [-0.2, 0) is 14.8 Å². The van der Waals surface area contributed by atoms with E-state index in [1.54, 1.807) is 5.32 Å². The maximum atomic E-state index is 12.9. The third-order valence-corrected chi connectivity index (χ3v) is 7.65. The second-order valence-electron chi connectivity index (χ2n) is 7.91. The van der Waals surface area contributed by atoms with Gasteiger partial charge < -0.3 is 10.1 Å². The number of piperidine rings is 1. The molecule has 174 valence electrons. The molecule has 3 rings (SSSR count). The van der Waals surface area contributed by atoms with Gasteiger partial charge in [-0.2, -0.15) is 17.5 Å². The SMILES string of the molecule is O=C(NCC(F)(F)F)c1ccc(S(=O)(=O)N2CCC(CCN3CCOCC3)CC2)cc1. The van der Waals surface area contributed by atoms with Crippen LogP contribution in [0, 0.1) is 5.92 Å². The number of ether oxygens (including phenoxy) is 1. The number of sulfonamides is 1. The fraction of sp³-hybridized carbons (Fsp3) is 0.650. The number of morpholine rings is 1. The van der Waals surface area contributed by atoms with E-state index in [0.717, 1.165) is 52.1 Å². The molecule has 1 aromatic rings. The molecule has 2 saturated heterocycles. The fourth-order valence-corrected chi connectivity index (χ4v) is 5.31. The highest BCUT2D eigenvalue weighted by Crippen LogP contribution is 2.26. The lowest BCUT2D eigenvalue weighted by Crippen LogP contribution is -2.40. The van der Waals surface area contributed by atoms with E-state index < -0.39 is 28.7 Å². The summed E-state index contributed by atoms with van der Waals surface area (Å²) in [5.74, 6) is -0.420. The zero-order valence-corrected chi connectivity index (χ0v) is 18.1. The molecule has 0 unspecified atom stereocenters. The van der Waals surface area contributed by atoms with Gasteiger partial charge in [-0.05, 0) is 56.0 Å². The Bertz CT molecular complexity index is 832. The second kappa shape index (κ2) is 10.3. The lowest BCUT2D eigenvalue weighted by molar-refractivity contribution is -0.123. The Labute approximate surface area is 180 Å². The van der Waals surface area contributed by atoms with Crippen LogP contribution in [0.3, 0.4) is 0 Å². The van der Waals surface area contributed by atoms with Crippen molar-refractivity contribution in [2.45, 2.75) is 30.3 Å². The van der Waals surface area contributed by atoms with Gasteiger partial charge in [0.05, 0.1) is 18.1 Å². The molecule has 0 saturated carbocycles. The summed E-state index contributed by atoms with van der Waals surface area (Å²) in [5.41, 5.74) is -0.0231. The Hall–Kier alpha value is -1.69. The van der Waals surface area contributed by atoms with E-state index in [1.165, 1.54) is 28.6 Å². The smallest absolute Gasteiger partial charge is 0.379 e. The number of carbonyl (C=O) groups is 1. The van der Waals surface area contributed by atoms with Gasteiger partial charge in [0.1, 0.15) is 6.54 Å². The minimum Gasteiger partial charge on any atom is -0.379 e. The monoisotopic (exact) mass is 463 g/mol. The van der Waals surface area contributed by atoms with Crippen LogP contribution in [0.2, 0.25) is 0 Å². The highest BCUT2D eigenvalue weighted by atomic mass is 32.2. The number of hydrogen-bond acceptors (Lipinski definition) is 5. The van der Waals surface area contributed by atoms with Gasteiger partial charge in [0.25, 0.3) is 5.91 Å². The zero-order valence-electron chi connectivity index (χ0n) is 17.2. The van der Waals surface area contributed by atoms with Crippen molar-refractivity contribution < 1.29 is 31.1 Å². The molecular formula is C20H28F3N3O4S. The van der Waals surface area contributed by atoms with Crippen LogP contribution in [-0.4, -0.2) is 82.2 Å². The number of halogens is 3. The number of benzene rings is 1. The first-order valence-electron chi connectivity index (χ1n) is 10.4. The standard InChI is InChI=1S/C20H28F3N3O4S/c21-20(22,23)15-24-19(27)17-1-3-18(4-2-17)31(28,29)26-9-6-16(7-10-26)5-8-25-11-13-30-14-12-25/h1-4,16H,5-15H2,(H,24,27). The van der Waals surface area contributed by atoms with Crippen molar-refractivity contribution in [1.29, 1.82) is 0 Å². The van der Waals surface area contributed by atoms with Crippen LogP contribution in [0.5, 0.6) is 0 Å². The molecule has 0 bridgehead atoms. The van der Waals surface area contributed by atoms with Crippen molar-refractivity contribution in [3.8, 4) is 0 Å². The average Bonchev–Trinajstić information content (AvgIpc) is 2.76. The van der Waals surface area contributed by atoms with Crippen molar-refractivity contribution >= 4 is 15.9 Å². The lowest BCUT2D eigenvalue weighted by atomic mass is 9.94. The predicted molar refractivity (Wildman–Crippen MR) is 108 cm³/mol. The number of alkyl halides is 3. The number of nitrogens with zero attached hydrogens (tertiary/aromatic N) is 2. The molecule has 1 aromatic carbocycles. The van der Waals surface area contributed by atoms with Gasteiger partial charge in [0.15, 0.2) is 0 Å². The van der Waals surface area contributed by atoms with Crippen molar-refractivity contribution in [2.24, 2.45) is 5.92 Å². The maximum Gasteiger partial charge on any atom is 0.405 e. The highest BCUT2D eigenvalue weighted by Gasteiger charge is 2.30. The maximum absolute atomic E-state index is 12.9. The molecule has 0 atom stereocenters. The number of nitrogens with one attached hydrogen (secondary N) is 1. The molecule has 11 heteroatoms. The minimum atomic E-state index is -4.51. The van der Waals surface area contributed by atoms with Gasteiger partial charge in [-0.25, -0.2) is 8.42 Å². The largest absolute Gasteiger partial charge is 0.405 e. The molecule has 2 fully saturated rings. The van der Waals surface area contributed by atoms with E-state index >= 15 is 0 Å². The number of carbonyl (C=O) groups excluding carboxylic acids is 1. The summed E-state index contributed by atoms with van der Waals surface area (Å²) >= 11 is 0. The van der Waals surface area contributed by atoms with E-state index in [4.69, 9.17) is 4.74 Å². The molecule has 31 heavy (non-hydrogen) atoms. The van der Waals surface area contributed by atoms with Crippen LogP contribution >= 0.6 is 0 Å². The minimum absolute atomic E-state index is 0.0231. The van der Waals surface area contributed by atoms with E-state index in [1.807, 2.05) is 0 Å². The Morgan fingerprint density at radius 2 is 1.68 bits per heavy atom. The van der Waals surface area contributed by atoms with Gasteiger partial charge >= 0.3 is 6.18 Å². The van der Waals surface area contributed by atoms with Crippen LogP contribution in [0.1, 0.15) is 29.6 Å². The van der Waals surface area contributed by atoms with Crippen molar-refractivity contribution in [1.82, 2.24) is 14.5 Å². The molecule has 2 aliphatic rings. The van der Waals surface area contributed by atoms with Crippen LogP contribution in [0.4, 0.5) is 13.2 Å². The van der Waals surface area contributed by atoms with Gasteiger partial charge in [0, 0.05) is 31.7 Å². The van der Waals surface area contributed by atoms with E-state index in [0.29, 0.717) is 19.0 Å². The van der Waals surface area contributed by atoms with Crippen molar-refractivity contribution in [3.63, 3.8) is 0 Å². The highest BCUT2D eigenvalue weighted by molar-refractivity contribution is 7.89. The first-order chi connectivity index (χ1) is 14.6. The van der Waals surface area contributed by atoms with Crippen molar-refractivity contribution in [2.75, 3.05) is 52.5 Å². The molecule has 0 radical (unpaired) electrons. The fourth-order valence-electron chi connectivity index (χ4n) is 3.84. The Kier molecular flexibility index (Phi) is 7.95. The average molecular weight is 464 g/mol. The first kappa shape index (κ1) is 24.0. The Morgan fingerprint density at radius 3 is 2.26 bits per heavy atom. The molecular weight excluding hydrogens is 435 g/mol. The van der Waals surface area contributed by atoms with Crippen LogP contribution in [0.15, 0.2) is 29.2 Å². The molecule has 0 aliphatic carbocycles. The summed E-state index contributed by atoms with van der Waals surface area (Å²) in [6, 6.07) is 4.99. The quantitative estimate of drug-likeness (QED) is 0.670. The van der Waals surface area contributed by atoms with Gasteiger partial charge in [-0.1, -0.05) is 0 Å². The molecule has 0 spiro atoms. The predicted octanol–water partition coefficient (Wildman–Crippen LogP) is 2.10. The van der Waals surface area contributed by atoms with E-state index in [-0.39, 0.29) is 10.5 Å². The molecule has 1 N–H and O–H groups in total. The van der Waals surface area contributed by atoms with Crippen LogP contribution in [0.25, 0.3) is 0 Å². The van der Waals surface area contributed by atoms with E-state index in [9.17, 15) is 26.4 Å². The van der Waals surface area contributed by atoms with Gasteiger partial charge in [-0.3, -0.25) is 9.69 Å². The summed E-state index contributed by atoms with van der Waals surface area (Å²) in [5, 5.41) is 1.77. The topological polar surface area (TPSA) is 79.0 Å². The molecule has 1 amide bonds. The van der Waals surface area contributed by atoms with E-state index in [2.05, 4.69) is 4.90 Å². The van der Waals surface area contributed by atoms with Gasteiger partial charge in [-0.15, -0.1) is 0 Å². The zero-order chi connectivity index (χ0) is 22.5. The Balaban J connectivity index is 1.50. The summed E-state index contributed by atoms with van der Waals surface area (Å²) in [4.78, 5) is 14.2. The molecule has 2 aliphatic heterocycles. The van der Waals surface area contributed by atoms with Crippen molar-refractivity contribution in [3.05, 3.63) is 29.8 Å². The summed E-state index contributed by atoms with van der Waals surface area (Å²) in [7, 11) is -3.70.